The number of benzene rings is 1. The van der Waals surface area contributed by atoms with Gasteiger partial charge in [0, 0.05) is 31.1 Å². The highest BCUT2D eigenvalue weighted by Gasteiger charge is 2.29. The maximum Gasteiger partial charge on any atom is 0.139 e. The van der Waals surface area contributed by atoms with Gasteiger partial charge in [0.15, 0.2) is 0 Å². The summed E-state index contributed by atoms with van der Waals surface area (Å²) in [6.07, 6.45) is 4.04. The number of aromatic nitrogens is 1. The van der Waals surface area contributed by atoms with Crippen LogP contribution in [0.5, 0.6) is 0 Å². The lowest BCUT2D eigenvalue weighted by Crippen LogP contribution is -2.55. The fourth-order valence-corrected chi connectivity index (χ4v) is 3.93. The molecule has 2 saturated heterocycles. The van der Waals surface area contributed by atoms with E-state index in [1.54, 1.807) is 0 Å². The van der Waals surface area contributed by atoms with Crippen molar-refractivity contribution in [2.45, 2.75) is 25.3 Å². The molecule has 2 fully saturated rings. The van der Waals surface area contributed by atoms with E-state index in [9.17, 15) is 0 Å². The molecule has 0 N–H and O–H groups in total. The van der Waals surface area contributed by atoms with Crippen molar-refractivity contribution in [2.24, 2.45) is 0 Å². The molecule has 0 saturated carbocycles. The normalized spacial score (nSPS) is 23.3. The number of rotatable bonds is 1. The van der Waals surface area contributed by atoms with Gasteiger partial charge in [-0.25, -0.2) is 4.98 Å². The Morgan fingerprint density at radius 2 is 2.00 bits per heavy atom. The number of fused-ring (bicyclic) bond motifs is 2. The Hall–Kier alpha value is -1.32. The number of anilines is 1. The molecule has 0 amide bonds. The molecule has 21 heavy (non-hydrogen) atoms. The minimum atomic E-state index is 0.620. The number of piperazine rings is 1. The monoisotopic (exact) mass is 301 g/mol. The van der Waals surface area contributed by atoms with E-state index in [1.807, 2.05) is 12.1 Å². The summed E-state index contributed by atoms with van der Waals surface area (Å²) in [5, 5.41) is 2.84. The Labute approximate surface area is 130 Å². The smallest absolute Gasteiger partial charge is 0.139 e. The van der Waals surface area contributed by atoms with Crippen LogP contribution in [0.15, 0.2) is 30.3 Å². The van der Waals surface area contributed by atoms with Gasteiger partial charge in [-0.1, -0.05) is 42.3 Å². The molecule has 1 aromatic carbocycles. The van der Waals surface area contributed by atoms with Crippen molar-refractivity contribution in [1.29, 1.82) is 0 Å². The van der Waals surface area contributed by atoms with Crippen molar-refractivity contribution in [3.63, 3.8) is 0 Å². The zero-order valence-electron chi connectivity index (χ0n) is 12.1. The third-order valence-electron chi connectivity index (χ3n) is 4.84. The number of pyridine rings is 1. The number of hydrogen-bond acceptors (Lipinski definition) is 3. The van der Waals surface area contributed by atoms with Gasteiger partial charge < -0.3 is 4.90 Å². The highest BCUT2D eigenvalue weighted by Crippen LogP contribution is 2.29. The summed E-state index contributed by atoms with van der Waals surface area (Å²) >= 11 is 6.37. The van der Waals surface area contributed by atoms with Crippen LogP contribution < -0.4 is 4.90 Å². The fourth-order valence-electron chi connectivity index (χ4n) is 3.67. The predicted octanol–water partition coefficient (Wildman–Crippen LogP) is 3.56. The van der Waals surface area contributed by atoms with Crippen LogP contribution in [0.25, 0.3) is 10.8 Å². The molecule has 0 aliphatic carbocycles. The summed E-state index contributed by atoms with van der Waals surface area (Å²) in [6, 6.07) is 11.1. The SMILES string of the molecule is Clc1nc(N2CCN3CCCCC3C2)cc2ccccc12. The molecule has 0 spiro atoms. The first kappa shape index (κ1) is 13.4. The molecule has 0 radical (unpaired) electrons. The minimum Gasteiger partial charge on any atom is -0.354 e. The van der Waals surface area contributed by atoms with Gasteiger partial charge in [0.25, 0.3) is 0 Å². The van der Waals surface area contributed by atoms with E-state index in [2.05, 4.69) is 33.0 Å². The maximum absolute atomic E-state index is 6.37. The van der Waals surface area contributed by atoms with Gasteiger partial charge in [0.1, 0.15) is 11.0 Å². The summed E-state index contributed by atoms with van der Waals surface area (Å²) < 4.78 is 0. The quantitative estimate of drug-likeness (QED) is 0.751. The van der Waals surface area contributed by atoms with Crippen LogP contribution in [-0.4, -0.2) is 42.1 Å². The van der Waals surface area contributed by atoms with Gasteiger partial charge in [-0.05, 0) is 30.8 Å². The summed E-state index contributed by atoms with van der Waals surface area (Å²) in [4.78, 5) is 9.68. The Balaban J connectivity index is 1.64. The first-order valence-corrected chi connectivity index (χ1v) is 8.23. The van der Waals surface area contributed by atoms with Gasteiger partial charge >= 0.3 is 0 Å². The summed E-state index contributed by atoms with van der Waals surface area (Å²) in [7, 11) is 0. The summed E-state index contributed by atoms with van der Waals surface area (Å²) in [5.41, 5.74) is 0. The molecule has 4 heteroatoms. The van der Waals surface area contributed by atoms with E-state index in [-0.39, 0.29) is 0 Å². The van der Waals surface area contributed by atoms with Gasteiger partial charge in [0.05, 0.1) is 0 Å². The van der Waals surface area contributed by atoms with Gasteiger partial charge in [-0.15, -0.1) is 0 Å². The first-order chi connectivity index (χ1) is 10.3. The van der Waals surface area contributed by atoms with Crippen molar-refractivity contribution >= 4 is 28.2 Å². The van der Waals surface area contributed by atoms with Crippen LogP contribution in [0.1, 0.15) is 19.3 Å². The molecule has 2 aliphatic heterocycles. The molecule has 3 heterocycles. The second kappa shape index (κ2) is 5.47. The Kier molecular flexibility index (Phi) is 3.48. The van der Waals surface area contributed by atoms with Crippen LogP contribution in [0.3, 0.4) is 0 Å². The molecular weight excluding hydrogens is 282 g/mol. The number of piperidine rings is 1. The zero-order chi connectivity index (χ0) is 14.2. The van der Waals surface area contributed by atoms with E-state index in [0.717, 1.165) is 30.8 Å². The van der Waals surface area contributed by atoms with Crippen LogP contribution >= 0.6 is 11.6 Å². The first-order valence-electron chi connectivity index (χ1n) is 7.85. The number of nitrogens with zero attached hydrogens (tertiary/aromatic N) is 3. The van der Waals surface area contributed by atoms with E-state index in [1.165, 1.54) is 31.2 Å². The fraction of sp³-hybridized carbons (Fsp3) is 0.471. The van der Waals surface area contributed by atoms with Crippen LogP contribution in [0.2, 0.25) is 5.15 Å². The number of hydrogen-bond donors (Lipinski definition) is 0. The Morgan fingerprint density at radius 1 is 1.10 bits per heavy atom. The van der Waals surface area contributed by atoms with Crippen molar-refractivity contribution in [3.8, 4) is 0 Å². The number of halogens is 1. The largest absolute Gasteiger partial charge is 0.354 e. The molecule has 1 aromatic heterocycles. The second-order valence-electron chi connectivity index (χ2n) is 6.12. The topological polar surface area (TPSA) is 19.4 Å². The zero-order valence-corrected chi connectivity index (χ0v) is 12.9. The highest BCUT2D eigenvalue weighted by molar-refractivity contribution is 6.34. The van der Waals surface area contributed by atoms with Gasteiger partial charge in [0.2, 0.25) is 0 Å². The van der Waals surface area contributed by atoms with Crippen molar-refractivity contribution < 1.29 is 0 Å². The van der Waals surface area contributed by atoms with E-state index < -0.39 is 0 Å². The molecular formula is C17H20ClN3. The lowest BCUT2D eigenvalue weighted by Gasteiger charge is -2.44. The summed E-state index contributed by atoms with van der Waals surface area (Å²) in [5.74, 6) is 1.03. The third kappa shape index (κ3) is 2.49. The molecule has 0 bridgehead atoms. The Bertz CT molecular complexity index is 658. The molecule has 2 aromatic rings. The predicted molar refractivity (Wildman–Crippen MR) is 88.2 cm³/mol. The highest BCUT2D eigenvalue weighted by atomic mass is 35.5. The van der Waals surface area contributed by atoms with Crippen molar-refractivity contribution in [3.05, 3.63) is 35.5 Å². The third-order valence-corrected chi connectivity index (χ3v) is 5.13. The molecule has 3 nitrogen and oxygen atoms in total. The van der Waals surface area contributed by atoms with E-state index in [0.29, 0.717) is 11.2 Å². The standard InChI is InChI=1S/C17H20ClN3/c18-17-15-7-2-1-5-13(15)11-16(19-17)21-10-9-20-8-4-3-6-14(20)12-21/h1-2,5,7,11,14H,3-4,6,8-10,12H2. The van der Waals surface area contributed by atoms with Crippen LogP contribution in [0.4, 0.5) is 5.82 Å². The molecule has 110 valence electrons. The van der Waals surface area contributed by atoms with Crippen LogP contribution in [-0.2, 0) is 0 Å². The van der Waals surface area contributed by atoms with Crippen molar-refractivity contribution in [2.75, 3.05) is 31.1 Å². The van der Waals surface area contributed by atoms with Gasteiger partial charge in [-0.2, -0.15) is 0 Å². The molecule has 4 rings (SSSR count). The van der Waals surface area contributed by atoms with E-state index in [4.69, 9.17) is 11.6 Å². The van der Waals surface area contributed by atoms with Crippen molar-refractivity contribution in [1.82, 2.24) is 9.88 Å². The lowest BCUT2D eigenvalue weighted by molar-refractivity contribution is 0.133. The van der Waals surface area contributed by atoms with Crippen LogP contribution in [0, 0.1) is 0 Å². The molecule has 1 unspecified atom stereocenters. The Morgan fingerprint density at radius 3 is 2.95 bits per heavy atom. The molecule has 1 atom stereocenters. The van der Waals surface area contributed by atoms with Gasteiger partial charge in [-0.3, -0.25) is 4.90 Å². The average Bonchev–Trinajstić information content (AvgIpc) is 2.54. The molecule has 2 aliphatic rings. The average molecular weight is 302 g/mol. The lowest BCUT2D eigenvalue weighted by atomic mass is 9.99. The second-order valence-corrected chi connectivity index (χ2v) is 6.48. The maximum atomic E-state index is 6.37. The summed E-state index contributed by atoms with van der Waals surface area (Å²) in [6.45, 7) is 4.56. The minimum absolute atomic E-state index is 0.620. The van der Waals surface area contributed by atoms with E-state index >= 15 is 0 Å².